The highest BCUT2D eigenvalue weighted by molar-refractivity contribution is 7.89. The van der Waals surface area contributed by atoms with Crippen molar-refractivity contribution >= 4 is 15.9 Å². The van der Waals surface area contributed by atoms with Crippen molar-refractivity contribution in [3.63, 3.8) is 0 Å². The number of benzene rings is 1. The number of hydrogen-bond donors (Lipinski definition) is 2. The zero-order chi connectivity index (χ0) is 14.8. The third kappa shape index (κ3) is 7.25. The van der Waals surface area contributed by atoms with Crippen molar-refractivity contribution < 1.29 is 13.2 Å². The van der Waals surface area contributed by atoms with Gasteiger partial charge in [0.05, 0.1) is 5.75 Å². The summed E-state index contributed by atoms with van der Waals surface area (Å²) in [7, 11) is -1.88. The number of carbonyl (C=O) groups excluding carboxylic acids is 1. The minimum atomic E-state index is -3.24. The molecule has 0 saturated heterocycles. The maximum atomic E-state index is 11.5. The van der Waals surface area contributed by atoms with Gasteiger partial charge in [-0.05, 0) is 31.9 Å². The van der Waals surface area contributed by atoms with Gasteiger partial charge in [-0.1, -0.05) is 30.3 Å². The lowest BCUT2D eigenvalue weighted by Gasteiger charge is -2.05. The highest BCUT2D eigenvalue weighted by Crippen LogP contribution is 2.05. The van der Waals surface area contributed by atoms with Crippen LogP contribution in [-0.2, 0) is 21.2 Å². The van der Waals surface area contributed by atoms with Crippen LogP contribution in [0.15, 0.2) is 30.3 Å². The van der Waals surface area contributed by atoms with E-state index in [4.69, 9.17) is 0 Å². The van der Waals surface area contributed by atoms with E-state index < -0.39 is 10.0 Å². The van der Waals surface area contributed by atoms with Gasteiger partial charge in [-0.25, -0.2) is 13.1 Å². The van der Waals surface area contributed by atoms with Crippen molar-refractivity contribution in [2.45, 2.75) is 25.7 Å². The van der Waals surface area contributed by atoms with E-state index in [1.807, 2.05) is 18.2 Å². The van der Waals surface area contributed by atoms with Crippen LogP contribution in [0.5, 0.6) is 0 Å². The molecule has 1 aromatic carbocycles. The third-order valence-corrected chi connectivity index (χ3v) is 4.33. The molecule has 2 N–H and O–H groups in total. The van der Waals surface area contributed by atoms with E-state index in [1.54, 1.807) is 0 Å². The van der Waals surface area contributed by atoms with Gasteiger partial charge in [-0.15, -0.1) is 0 Å². The van der Waals surface area contributed by atoms with Gasteiger partial charge in [-0.3, -0.25) is 4.79 Å². The van der Waals surface area contributed by atoms with Crippen LogP contribution in [0.4, 0.5) is 0 Å². The van der Waals surface area contributed by atoms with E-state index in [0.29, 0.717) is 6.42 Å². The number of nitrogens with one attached hydrogen (secondary N) is 2. The first kappa shape index (κ1) is 16.7. The Hall–Kier alpha value is -1.40. The summed E-state index contributed by atoms with van der Waals surface area (Å²) in [5, 5.41) is 2.61. The van der Waals surface area contributed by atoms with Gasteiger partial charge in [0.2, 0.25) is 15.9 Å². The maximum Gasteiger partial charge on any atom is 0.220 e. The fourth-order valence-corrected chi connectivity index (χ4v) is 2.35. The molecule has 0 atom stereocenters. The molecule has 1 rings (SSSR count). The molecule has 0 bridgehead atoms. The first-order valence-corrected chi connectivity index (χ1v) is 8.40. The van der Waals surface area contributed by atoms with E-state index in [-0.39, 0.29) is 18.2 Å². The second-order valence-electron chi connectivity index (χ2n) is 4.57. The number of unbranched alkanes of at least 4 members (excludes halogenated alkanes) is 1. The Morgan fingerprint density at radius 1 is 1.15 bits per heavy atom. The average Bonchev–Trinajstić information content (AvgIpc) is 2.44. The summed E-state index contributed by atoms with van der Waals surface area (Å²) in [5.74, 6) is -0.177. The van der Waals surface area contributed by atoms with E-state index >= 15 is 0 Å². The van der Waals surface area contributed by atoms with Gasteiger partial charge >= 0.3 is 0 Å². The Morgan fingerprint density at radius 3 is 2.50 bits per heavy atom. The SMILES string of the molecule is CNS(=O)(=O)CCNC(=O)CCCCc1ccccc1. The Labute approximate surface area is 120 Å². The molecule has 1 aromatic rings. The van der Waals surface area contributed by atoms with Crippen LogP contribution >= 0.6 is 0 Å². The van der Waals surface area contributed by atoms with Crippen LogP contribution in [0.1, 0.15) is 24.8 Å². The van der Waals surface area contributed by atoms with E-state index in [2.05, 4.69) is 22.2 Å². The van der Waals surface area contributed by atoms with E-state index in [0.717, 1.165) is 19.3 Å². The van der Waals surface area contributed by atoms with Gasteiger partial charge in [0.1, 0.15) is 0 Å². The predicted octanol–water partition coefficient (Wildman–Crippen LogP) is 1.06. The number of carbonyl (C=O) groups is 1. The topological polar surface area (TPSA) is 75.3 Å². The van der Waals surface area contributed by atoms with Crippen LogP contribution in [0.3, 0.4) is 0 Å². The van der Waals surface area contributed by atoms with E-state index in [9.17, 15) is 13.2 Å². The molecule has 0 aliphatic rings. The standard InChI is InChI=1S/C14H22N2O3S/c1-15-20(18,19)12-11-16-14(17)10-6-5-9-13-7-3-2-4-8-13/h2-4,7-8,15H,5-6,9-12H2,1H3,(H,16,17). The molecule has 6 heteroatoms. The summed E-state index contributed by atoms with van der Waals surface area (Å²) < 4.78 is 24.5. The molecule has 0 aliphatic heterocycles. The lowest BCUT2D eigenvalue weighted by Crippen LogP contribution is -2.32. The Balaban J connectivity index is 2.09. The van der Waals surface area contributed by atoms with Crippen molar-refractivity contribution in [2.24, 2.45) is 0 Å². The fourth-order valence-electron chi connectivity index (χ4n) is 1.77. The quantitative estimate of drug-likeness (QED) is 0.670. The zero-order valence-electron chi connectivity index (χ0n) is 11.8. The second-order valence-corrected chi connectivity index (χ2v) is 6.61. The van der Waals surface area contributed by atoms with Gasteiger partial charge < -0.3 is 5.32 Å². The molecule has 0 radical (unpaired) electrons. The predicted molar refractivity (Wildman–Crippen MR) is 79.9 cm³/mol. The van der Waals surface area contributed by atoms with E-state index in [1.165, 1.54) is 12.6 Å². The monoisotopic (exact) mass is 298 g/mol. The molecule has 0 heterocycles. The second kappa shape index (κ2) is 8.71. The Kier molecular flexibility index (Phi) is 7.25. The minimum Gasteiger partial charge on any atom is -0.355 e. The molecule has 0 unspecified atom stereocenters. The molecule has 112 valence electrons. The normalized spacial score (nSPS) is 11.2. The summed E-state index contributed by atoms with van der Waals surface area (Å²) in [6, 6.07) is 10.1. The van der Waals surface area contributed by atoms with Crippen molar-refractivity contribution in [3.8, 4) is 0 Å². The van der Waals surface area contributed by atoms with Crippen molar-refractivity contribution in [2.75, 3.05) is 19.3 Å². The average molecular weight is 298 g/mol. The Morgan fingerprint density at radius 2 is 1.85 bits per heavy atom. The van der Waals surface area contributed by atoms with Crippen LogP contribution < -0.4 is 10.0 Å². The lowest BCUT2D eigenvalue weighted by molar-refractivity contribution is -0.121. The molecule has 0 aliphatic carbocycles. The fraction of sp³-hybridized carbons (Fsp3) is 0.500. The zero-order valence-corrected chi connectivity index (χ0v) is 12.6. The molecule has 1 amide bonds. The molecule has 5 nitrogen and oxygen atoms in total. The molecule has 0 spiro atoms. The molecule has 20 heavy (non-hydrogen) atoms. The number of amides is 1. The van der Waals surface area contributed by atoms with Crippen molar-refractivity contribution in [1.29, 1.82) is 0 Å². The van der Waals surface area contributed by atoms with Crippen molar-refractivity contribution in [1.82, 2.24) is 10.0 Å². The third-order valence-electron chi connectivity index (χ3n) is 2.97. The molecule has 0 aromatic heterocycles. The molecular weight excluding hydrogens is 276 g/mol. The number of sulfonamides is 1. The van der Waals surface area contributed by atoms with Crippen LogP contribution in [0.2, 0.25) is 0 Å². The van der Waals surface area contributed by atoms with Gasteiger partial charge in [0, 0.05) is 13.0 Å². The van der Waals surface area contributed by atoms with Crippen LogP contribution in [0.25, 0.3) is 0 Å². The number of aryl methyl sites for hydroxylation is 1. The molecule has 0 saturated carbocycles. The van der Waals surface area contributed by atoms with Gasteiger partial charge in [0.25, 0.3) is 0 Å². The minimum absolute atomic E-state index is 0.0841. The number of rotatable bonds is 9. The molecular formula is C14H22N2O3S. The molecule has 0 fully saturated rings. The first-order chi connectivity index (χ1) is 9.53. The summed E-state index contributed by atoms with van der Waals surface area (Å²) in [6.07, 6.45) is 3.15. The Bertz CT molecular complexity index is 500. The van der Waals surface area contributed by atoms with Gasteiger partial charge in [-0.2, -0.15) is 0 Å². The number of hydrogen-bond acceptors (Lipinski definition) is 3. The summed E-state index contributed by atoms with van der Waals surface area (Å²) in [4.78, 5) is 11.5. The maximum absolute atomic E-state index is 11.5. The van der Waals surface area contributed by atoms with Crippen LogP contribution in [0, 0.1) is 0 Å². The van der Waals surface area contributed by atoms with Gasteiger partial charge in [0.15, 0.2) is 0 Å². The van der Waals surface area contributed by atoms with Crippen LogP contribution in [-0.4, -0.2) is 33.7 Å². The summed E-state index contributed by atoms with van der Waals surface area (Å²) in [5.41, 5.74) is 1.27. The highest BCUT2D eigenvalue weighted by atomic mass is 32.2. The highest BCUT2D eigenvalue weighted by Gasteiger charge is 2.07. The smallest absolute Gasteiger partial charge is 0.220 e. The largest absolute Gasteiger partial charge is 0.355 e. The summed E-state index contributed by atoms with van der Waals surface area (Å²) >= 11 is 0. The van der Waals surface area contributed by atoms with Crippen molar-refractivity contribution in [3.05, 3.63) is 35.9 Å². The first-order valence-electron chi connectivity index (χ1n) is 6.75. The summed E-state index contributed by atoms with van der Waals surface area (Å²) in [6.45, 7) is 0.153. The lowest BCUT2D eigenvalue weighted by atomic mass is 10.1.